The van der Waals surface area contributed by atoms with Crippen molar-refractivity contribution in [1.29, 1.82) is 0 Å². The van der Waals surface area contributed by atoms with Gasteiger partial charge in [0, 0.05) is 39.0 Å². The highest BCUT2D eigenvalue weighted by Gasteiger charge is 2.16. The molecule has 14 heavy (non-hydrogen) atoms. The molecule has 0 aromatic carbocycles. The minimum Gasteiger partial charge on any atom is -0.300 e. The Bertz CT molecular complexity index is 259. The summed E-state index contributed by atoms with van der Waals surface area (Å²) in [6.45, 7) is 4.71. The molecule has 0 amide bonds. The van der Waals surface area contributed by atoms with Gasteiger partial charge in [-0.1, -0.05) is 11.9 Å². The quantitative estimate of drug-likeness (QED) is 0.641. The summed E-state index contributed by atoms with van der Waals surface area (Å²) >= 11 is 1.76. The van der Waals surface area contributed by atoms with Gasteiger partial charge in [-0.15, -0.1) is 0 Å². The van der Waals surface area contributed by atoms with Gasteiger partial charge in [-0.05, 0) is 6.26 Å². The Labute approximate surface area is 90.7 Å². The minimum absolute atomic E-state index is 0.284. The maximum Gasteiger partial charge on any atom is 0.148 e. The number of rotatable bonds is 4. The topological polar surface area (TPSA) is 40.6 Å². The second kappa shape index (κ2) is 5.34. The average molecular weight is 238 g/mol. The summed E-state index contributed by atoms with van der Waals surface area (Å²) in [5, 5.41) is 0. The Balaban J connectivity index is 2.23. The van der Waals surface area contributed by atoms with Crippen molar-refractivity contribution in [1.82, 2.24) is 9.21 Å². The van der Waals surface area contributed by atoms with Gasteiger partial charge in [0.25, 0.3) is 0 Å². The van der Waals surface area contributed by atoms with Crippen LogP contribution in [0.25, 0.3) is 0 Å². The van der Waals surface area contributed by atoms with Crippen LogP contribution in [0, 0.1) is 0 Å². The highest BCUT2D eigenvalue weighted by molar-refractivity contribution is 7.96. The van der Waals surface area contributed by atoms with Crippen LogP contribution in [0.1, 0.15) is 0 Å². The van der Waals surface area contributed by atoms with Crippen LogP contribution in [-0.2, 0) is 9.84 Å². The first-order valence-corrected chi connectivity index (χ1v) is 7.94. The lowest BCUT2D eigenvalue weighted by Crippen LogP contribution is -2.44. The van der Waals surface area contributed by atoms with Crippen molar-refractivity contribution in [2.24, 2.45) is 0 Å². The van der Waals surface area contributed by atoms with Gasteiger partial charge in [0.05, 0.1) is 5.75 Å². The minimum atomic E-state index is -2.80. The maximum absolute atomic E-state index is 11.0. The second-order valence-electron chi connectivity index (χ2n) is 3.58. The van der Waals surface area contributed by atoms with Gasteiger partial charge in [-0.3, -0.25) is 4.90 Å². The van der Waals surface area contributed by atoms with E-state index in [1.54, 1.807) is 11.9 Å². The molecule has 0 bridgehead atoms. The fourth-order valence-electron chi connectivity index (χ4n) is 1.43. The lowest BCUT2D eigenvalue weighted by atomic mass is 10.4. The van der Waals surface area contributed by atoms with Crippen LogP contribution in [0.3, 0.4) is 0 Å². The van der Waals surface area contributed by atoms with Crippen LogP contribution in [0.4, 0.5) is 0 Å². The first-order valence-electron chi connectivity index (χ1n) is 4.70. The molecule has 1 fully saturated rings. The predicted octanol–water partition coefficient (Wildman–Crippen LogP) is -0.0734. The van der Waals surface area contributed by atoms with E-state index in [0.717, 1.165) is 26.2 Å². The summed E-state index contributed by atoms with van der Waals surface area (Å²) in [6.07, 6.45) is 3.37. The molecule has 1 aliphatic heterocycles. The zero-order chi connectivity index (χ0) is 10.6. The summed E-state index contributed by atoms with van der Waals surface area (Å²) in [4.78, 5) is 2.22. The standard InChI is InChI=1S/C8H18N2O2S2/c1-13-10-5-3-9(4-6-10)7-8-14(2,11)12/h3-8H2,1-2H3. The normalized spacial score (nSPS) is 21.3. The first-order chi connectivity index (χ1) is 6.51. The van der Waals surface area contributed by atoms with Gasteiger partial charge in [0.15, 0.2) is 0 Å². The van der Waals surface area contributed by atoms with Gasteiger partial charge in [0.2, 0.25) is 0 Å². The molecule has 6 heteroatoms. The largest absolute Gasteiger partial charge is 0.300 e. The molecule has 1 aliphatic rings. The molecule has 0 N–H and O–H groups in total. The van der Waals surface area contributed by atoms with E-state index in [-0.39, 0.29) is 5.75 Å². The zero-order valence-corrected chi connectivity index (χ0v) is 10.4. The van der Waals surface area contributed by atoms with Gasteiger partial charge in [-0.2, -0.15) is 0 Å². The smallest absolute Gasteiger partial charge is 0.148 e. The van der Waals surface area contributed by atoms with Crippen molar-refractivity contribution in [2.45, 2.75) is 0 Å². The number of hydrogen-bond acceptors (Lipinski definition) is 5. The molecule has 0 aliphatic carbocycles. The van der Waals surface area contributed by atoms with E-state index in [2.05, 4.69) is 15.5 Å². The van der Waals surface area contributed by atoms with Gasteiger partial charge in [-0.25, -0.2) is 12.7 Å². The zero-order valence-electron chi connectivity index (χ0n) is 8.77. The Kier molecular flexibility index (Phi) is 4.69. The van der Waals surface area contributed by atoms with Crippen molar-refractivity contribution in [3.63, 3.8) is 0 Å². The Morgan fingerprint density at radius 3 is 2.21 bits per heavy atom. The van der Waals surface area contributed by atoms with Crippen molar-refractivity contribution >= 4 is 21.8 Å². The molecule has 0 aromatic rings. The Morgan fingerprint density at radius 1 is 1.21 bits per heavy atom. The monoisotopic (exact) mass is 238 g/mol. The van der Waals surface area contributed by atoms with Crippen molar-refractivity contribution in [3.8, 4) is 0 Å². The van der Waals surface area contributed by atoms with E-state index in [0.29, 0.717) is 6.54 Å². The van der Waals surface area contributed by atoms with Crippen LogP contribution in [0.2, 0.25) is 0 Å². The van der Waals surface area contributed by atoms with E-state index < -0.39 is 9.84 Å². The molecule has 84 valence electrons. The SMILES string of the molecule is CSN1CCN(CCS(C)(=O)=O)CC1. The van der Waals surface area contributed by atoms with Crippen LogP contribution < -0.4 is 0 Å². The van der Waals surface area contributed by atoms with Crippen molar-refractivity contribution in [3.05, 3.63) is 0 Å². The molecule has 0 unspecified atom stereocenters. The van der Waals surface area contributed by atoms with Crippen LogP contribution >= 0.6 is 11.9 Å². The third-order valence-corrected chi connectivity index (χ3v) is 4.17. The Morgan fingerprint density at radius 2 is 1.79 bits per heavy atom. The van der Waals surface area contributed by atoms with E-state index in [1.807, 2.05) is 0 Å². The Hall–Kier alpha value is 0.220. The van der Waals surface area contributed by atoms with E-state index in [4.69, 9.17) is 0 Å². The van der Waals surface area contributed by atoms with E-state index in [1.165, 1.54) is 6.26 Å². The summed E-state index contributed by atoms with van der Waals surface area (Å²) < 4.78 is 24.2. The molecular formula is C8H18N2O2S2. The molecule has 1 heterocycles. The fraction of sp³-hybridized carbons (Fsp3) is 1.00. The van der Waals surface area contributed by atoms with E-state index in [9.17, 15) is 8.42 Å². The predicted molar refractivity (Wildman–Crippen MR) is 61.2 cm³/mol. The molecule has 1 saturated heterocycles. The molecule has 4 nitrogen and oxygen atoms in total. The summed E-state index contributed by atoms with van der Waals surface area (Å²) in [5.41, 5.74) is 0. The number of hydrogen-bond donors (Lipinski definition) is 0. The molecular weight excluding hydrogens is 220 g/mol. The molecule has 0 atom stereocenters. The molecule has 0 spiro atoms. The third kappa shape index (κ3) is 4.63. The van der Waals surface area contributed by atoms with Gasteiger partial charge >= 0.3 is 0 Å². The fourth-order valence-corrected chi connectivity index (χ4v) is 2.55. The van der Waals surface area contributed by atoms with Crippen LogP contribution in [0.5, 0.6) is 0 Å². The average Bonchev–Trinajstić information content (AvgIpc) is 2.14. The maximum atomic E-state index is 11.0. The van der Waals surface area contributed by atoms with Crippen LogP contribution in [-0.4, -0.2) is 68.6 Å². The lowest BCUT2D eigenvalue weighted by Gasteiger charge is -2.32. The number of nitrogens with zero attached hydrogens (tertiary/aromatic N) is 2. The number of piperazine rings is 1. The summed E-state index contributed by atoms with van der Waals surface area (Å²) in [6, 6.07) is 0. The van der Waals surface area contributed by atoms with Crippen molar-refractivity contribution in [2.75, 3.05) is 51.0 Å². The van der Waals surface area contributed by atoms with Crippen LogP contribution in [0.15, 0.2) is 0 Å². The van der Waals surface area contributed by atoms with Gasteiger partial charge in [0.1, 0.15) is 9.84 Å². The molecule has 0 radical (unpaired) electrons. The molecule has 0 aromatic heterocycles. The summed E-state index contributed by atoms with van der Waals surface area (Å²) in [7, 11) is -2.80. The van der Waals surface area contributed by atoms with E-state index >= 15 is 0 Å². The lowest BCUT2D eigenvalue weighted by molar-refractivity contribution is 0.206. The molecule has 1 rings (SSSR count). The highest BCUT2D eigenvalue weighted by atomic mass is 32.2. The second-order valence-corrected chi connectivity index (χ2v) is 6.72. The molecule has 0 saturated carbocycles. The van der Waals surface area contributed by atoms with Gasteiger partial charge < -0.3 is 0 Å². The number of sulfone groups is 1. The summed E-state index contributed by atoms with van der Waals surface area (Å²) in [5.74, 6) is 0.284. The first kappa shape index (κ1) is 12.3. The third-order valence-electron chi connectivity index (χ3n) is 2.37. The van der Waals surface area contributed by atoms with Crippen molar-refractivity contribution < 1.29 is 8.42 Å². The highest BCUT2D eigenvalue weighted by Crippen LogP contribution is 2.09.